The molecule has 0 aromatic heterocycles. The van der Waals surface area contributed by atoms with Crippen LogP contribution in [-0.2, 0) is 0 Å². The second kappa shape index (κ2) is 5.18. The average molecular weight is 278 g/mol. The summed E-state index contributed by atoms with van der Waals surface area (Å²) in [4.78, 5) is 1.33. The predicted molar refractivity (Wildman–Crippen MR) is 74.5 cm³/mol. The van der Waals surface area contributed by atoms with Crippen LogP contribution in [0.15, 0.2) is 29.8 Å². The minimum atomic E-state index is 1.19. The lowest BCUT2D eigenvalue weighted by molar-refractivity contribution is 0.901. The summed E-state index contributed by atoms with van der Waals surface area (Å²) in [5.74, 6) is 0. The van der Waals surface area contributed by atoms with Crippen LogP contribution >= 0.6 is 15.9 Å². The molecule has 0 aliphatic heterocycles. The van der Waals surface area contributed by atoms with E-state index >= 15 is 0 Å². The van der Waals surface area contributed by atoms with E-state index in [1.165, 1.54) is 47.2 Å². The molecular weight excluding hydrogens is 260 g/mol. The molecule has 0 bridgehead atoms. The molecule has 1 aromatic carbocycles. The third-order valence-corrected chi connectivity index (χ3v) is 4.02. The lowest BCUT2D eigenvalue weighted by Gasteiger charge is -2.08. The van der Waals surface area contributed by atoms with Crippen molar-refractivity contribution in [2.24, 2.45) is 0 Å². The zero-order chi connectivity index (χ0) is 11.5. The van der Waals surface area contributed by atoms with Gasteiger partial charge in [-0.1, -0.05) is 66.9 Å². The normalized spacial score (nSPS) is 15.7. The molecule has 1 aliphatic carbocycles. The maximum atomic E-state index is 3.77. The smallest absolute Gasteiger partial charge is 0.0729 e. The Kier molecular flexibility index (Phi) is 3.86. The van der Waals surface area contributed by atoms with Crippen molar-refractivity contribution >= 4 is 21.5 Å². The van der Waals surface area contributed by atoms with E-state index in [0.717, 1.165) is 0 Å². The monoisotopic (exact) mass is 277 g/mol. The van der Waals surface area contributed by atoms with Gasteiger partial charge in [0, 0.05) is 0 Å². The van der Waals surface area contributed by atoms with Gasteiger partial charge in [0.1, 0.15) is 0 Å². The Balaban J connectivity index is 2.44. The van der Waals surface area contributed by atoms with E-state index in [4.69, 9.17) is 0 Å². The van der Waals surface area contributed by atoms with Gasteiger partial charge >= 0.3 is 0 Å². The summed E-state index contributed by atoms with van der Waals surface area (Å²) >= 11 is 3.77. The van der Waals surface area contributed by atoms with Crippen molar-refractivity contribution in [2.75, 3.05) is 0 Å². The highest BCUT2D eigenvalue weighted by Crippen LogP contribution is 2.47. The molecule has 1 aliphatic rings. The first kappa shape index (κ1) is 11.9. The summed E-state index contributed by atoms with van der Waals surface area (Å²) in [5.41, 5.74) is 5.92. The molecule has 1 heteroatoms. The maximum Gasteiger partial charge on any atom is 0.0958 e. The van der Waals surface area contributed by atoms with Crippen LogP contribution in [0.3, 0.4) is 0 Å². The Morgan fingerprint density at radius 3 is 2.06 bits per heavy atom. The Bertz CT molecular complexity index is 404. The molecule has 2 rings (SSSR count). The second-order valence-corrected chi connectivity index (χ2v) is 5.11. The molecule has 85 valence electrons. The zero-order valence-electron chi connectivity index (χ0n) is 10.0. The van der Waals surface area contributed by atoms with Gasteiger partial charge in [0.25, 0.3) is 0 Å². The van der Waals surface area contributed by atoms with Gasteiger partial charge in [-0.05, 0) is 35.1 Å². The lowest BCUT2D eigenvalue weighted by Crippen LogP contribution is -1.90. The molecule has 0 saturated carbocycles. The zero-order valence-corrected chi connectivity index (χ0v) is 11.6. The minimum absolute atomic E-state index is 1.19. The van der Waals surface area contributed by atoms with Gasteiger partial charge in [-0.15, -0.1) is 0 Å². The lowest BCUT2D eigenvalue weighted by atomic mass is 9.99. The van der Waals surface area contributed by atoms with E-state index in [1.807, 2.05) is 0 Å². The van der Waals surface area contributed by atoms with E-state index in [2.05, 4.69) is 54.0 Å². The third-order valence-electron chi connectivity index (χ3n) is 3.12. The number of hydrogen-bond acceptors (Lipinski definition) is 0. The molecule has 0 atom stereocenters. The Morgan fingerprint density at radius 1 is 0.875 bits per heavy atom. The van der Waals surface area contributed by atoms with Crippen LogP contribution in [0.5, 0.6) is 0 Å². The molecule has 0 heterocycles. The summed E-state index contributed by atoms with van der Waals surface area (Å²) < 4.78 is 0. The highest BCUT2D eigenvalue weighted by Gasteiger charge is 2.28. The van der Waals surface area contributed by atoms with E-state index in [0.29, 0.717) is 0 Å². The van der Waals surface area contributed by atoms with Crippen molar-refractivity contribution in [3.63, 3.8) is 0 Å². The second-order valence-electron chi connectivity index (χ2n) is 4.32. The Morgan fingerprint density at radius 2 is 1.44 bits per heavy atom. The molecule has 16 heavy (non-hydrogen) atoms. The first-order chi connectivity index (χ1) is 7.79. The molecule has 0 saturated heterocycles. The topological polar surface area (TPSA) is 0 Å². The van der Waals surface area contributed by atoms with Gasteiger partial charge in [0.15, 0.2) is 0 Å². The van der Waals surface area contributed by atoms with Crippen LogP contribution in [0, 0.1) is 4.83 Å². The molecule has 0 N–H and O–H groups in total. The molecular formula is C15H18Br. The third kappa shape index (κ3) is 1.98. The predicted octanol–water partition coefficient (Wildman–Crippen LogP) is 5.33. The van der Waals surface area contributed by atoms with Crippen molar-refractivity contribution < 1.29 is 0 Å². The highest BCUT2D eigenvalue weighted by molar-refractivity contribution is 9.11. The fourth-order valence-corrected chi connectivity index (χ4v) is 3.22. The van der Waals surface area contributed by atoms with Crippen molar-refractivity contribution in [1.82, 2.24) is 0 Å². The molecule has 0 fully saturated rings. The van der Waals surface area contributed by atoms with Crippen LogP contribution in [0.2, 0.25) is 0 Å². The largest absolute Gasteiger partial charge is 0.0958 e. The first-order valence-corrected chi connectivity index (χ1v) is 6.93. The number of fused-ring (bicyclic) bond motifs is 1. The van der Waals surface area contributed by atoms with Gasteiger partial charge < -0.3 is 0 Å². The van der Waals surface area contributed by atoms with Crippen LogP contribution in [-0.4, -0.2) is 0 Å². The van der Waals surface area contributed by atoms with Crippen molar-refractivity contribution in [3.8, 4) is 0 Å². The van der Waals surface area contributed by atoms with Crippen LogP contribution in [0.25, 0.3) is 5.57 Å². The number of rotatable bonds is 4. The van der Waals surface area contributed by atoms with E-state index < -0.39 is 0 Å². The van der Waals surface area contributed by atoms with Crippen LogP contribution in [0.4, 0.5) is 0 Å². The summed E-state index contributed by atoms with van der Waals surface area (Å²) in [6.45, 7) is 4.51. The SMILES string of the molecule is CCCC1=C(CCC)c2ccccc2[C]1Br. The Hall–Kier alpha value is -0.560. The van der Waals surface area contributed by atoms with Crippen LogP contribution < -0.4 is 0 Å². The van der Waals surface area contributed by atoms with E-state index in [1.54, 1.807) is 5.57 Å². The standard InChI is InChI=1S/C15H18Br/c1-3-7-11-12-9-5-6-10-14(12)15(16)13(11)8-4-2/h5-6,9-10H,3-4,7-8H2,1-2H3. The summed E-state index contributed by atoms with van der Waals surface area (Å²) in [6.07, 6.45) is 4.81. The quantitative estimate of drug-likeness (QED) is 0.698. The van der Waals surface area contributed by atoms with E-state index in [9.17, 15) is 0 Å². The fraction of sp³-hybridized carbons (Fsp3) is 0.400. The first-order valence-electron chi connectivity index (χ1n) is 6.14. The van der Waals surface area contributed by atoms with Gasteiger partial charge in [-0.2, -0.15) is 0 Å². The number of hydrogen-bond donors (Lipinski definition) is 0. The van der Waals surface area contributed by atoms with Gasteiger partial charge in [-0.25, -0.2) is 0 Å². The molecule has 0 amide bonds. The highest BCUT2D eigenvalue weighted by atomic mass is 79.9. The molecule has 0 nitrogen and oxygen atoms in total. The van der Waals surface area contributed by atoms with Gasteiger partial charge in [0.2, 0.25) is 0 Å². The molecule has 1 aromatic rings. The fourth-order valence-electron chi connectivity index (χ4n) is 2.44. The maximum absolute atomic E-state index is 3.77. The van der Waals surface area contributed by atoms with Crippen molar-refractivity contribution in [3.05, 3.63) is 45.8 Å². The molecule has 0 spiro atoms. The number of halogens is 1. The van der Waals surface area contributed by atoms with Crippen LogP contribution in [0.1, 0.15) is 50.7 Å². The Labute approximate surface area is 107 Å². The molecule has 0 unspecified atom stereocenters. The summed E-state index contributed by atoms with van der Waals surface area (Å²) in [5, 5.41) is 0. The van der Waals surface area contributed by atoms with Crippen molar-refractivity contribution in [1.29, 1.82) is 0 Å². The summed E-state index contributed by atoms with van der Waals surface area (Å²) in [7, 11) is 0. The van der Waals surface area contributed by atoms with Gasteiger partial charge in [-0.3, -0.25) is 0 Å². The van der Waals surface area contributed by atoms with Crippen molar-refractivity contribution in [2.45, 2.75) is 39.5 Å². The van der Waals surface area contributed by atoms with Gasteiger partial charge in [0.05, 0.1) is 4.83 Å². The number of allylic oxidation sites excluding steroid dienone is 2. The van der Waals surface area contributed by atoms with E-state index in [-0.39, 0.29) is 0 Å². The summed E-state index contributed by atoms with van der Waals surface area (Å²) in [6, 6.07) is 8.74. The molecule has 1 radical (unpaired) electrons. The number of benzene rings is 1. The average Bonchev–Trinajstić information content (AvgIpc) is 2.57. The minimum Gasteiger partial charge on any atom is -0.0729 e.